The molecule has 0 aliphatic carbocycles. The fourth-order valence-electron chi connectivity index (χ4n) is 7.64. The fraction of sp³-hybridized carbons (Fsp3) is 0.111. The molecule has 0 unspecified atom stereocenters. The molecule has 0 aliphatic rings. The zero-order valence-electron chi connectivity index (χ0n) is 35.3. The molecular weight excluding hydrogens is 899 g/mol. The van der Waals surface area contributed by atoms with Crippen LogP contribution in [0.4, 0.5) is 0 Å². The number of furan rings is 1. The van der Waals surface area contributed by atoms with E-state index in [1.54, 1.807) is 6.20 Å². The van der Waals surface area contributed by atoms with E-state index in [1.165, 1.54) is 0 Å². The molecule has 3 aromatic heterocycles. The SMILES string of the molecule is [2H]C(C)(C)c1cc(-c2ccc(-c3ccccc3)cc2)cc(C([2H])(C)C)c1-n1c(-c2[c-]ccc3c2oc2ccccc23)nc2ccccc21.[Ir].[c-]1ccccc1-c1ccccn1. The first-order chi connectivity index (χ1) is 29.0. The Morgan fingerprint density at radius 2 is 1.24 bits per heavy atom. The van der Waals surface area contributed by atoms with Gasteiger partial charge in [-0.3, -0.25) is 4.98 Å². The number of hydrogen-bond acceptors (Lipinski definition) is 3. The molecule has 0 amide bonds. The van der Waals surface area contributed by atoms with Crippen LogP contribution >= 0.6 is 0 Å². The van der Waals surface area contributed by atoms with Gasteiger partial charge in [0.2, 0.25) is 0 Å². The molecule has 0 spiro atoms. The van der Waals surface area contributed by atoms with Gasteiger partial charge >= 0.3 is 0 Å². The van der Waals surface area contributed by atoms with Crippen molar-refractivity contribution in [1.82, 2.24) is 14.5 Å². The summed E-state index contributed by atoms with van der Waals surface area (Å²) in [4.78, 5) is 9.41. The van der Waals surface area contributed by atoms with Crippen molar-refractivity contribution in [3.8, 4) is 50.6 Å². The first-order valence-corrected chi connectivity index (χ1v) is 19.6. The van der Waals surface area contributed by atoms with Gasteiger partial charge in [-0.2, -0.15) is 0 Å². The molecule has 10 rings (SSSR count). The van der Waals surface area contributed by atoms with Crippen molar-refractivity contribution in [2.45, 2.75) is 39.5 Å². The van der Waals surface area contributed by atoms with Crippen molar-refractivity contribution >= 4 is 33.0 Å². The van der Waals surface area contributed by atoms with Crippen LogP contribution in [0.5, 0.6) is 0 Å². The molecule has 4 nitrogen and oxygen atoms in total. The molecule has 291 valence electrons. The minimum Gasteiger partial charge on any atom is -0.501 e. The standard InChI is InChI=1S/C43H35N2O.C11H8N.Ir/c1-27(2)36-25-32(31-23-21-30(22-24-31)29-13-6-5-7-14-29)26-37(28(3)4)41(36)45-39-19-10-9-18-38(39)44-43(45)35-17-12-16-34-33-15-8-11-20-40(33)46-42(34)35;1-2-6-10(7-3-1)11-8-4-5-9-12-11;/h5-16,18-28H,1-4H3;1-6,8-9H;/q2*-1;/i27D,28D;;. The van der Waals surface area contributed by atoms with Crippen molar-refractivity contribution in [2.24, 2.45) is 0 Å². The van der Waals surface area contributed by atoms with Gasteiger partial charge < -0.3 is 14.0 Å². The zero-order valence-corrected chi connectivity index (χ0v) is 35.7. The maximum absolute atomic E-state index is 9.49. The summed E-state index contributed by atoms with van der Waals surface area (Å²) in [6.45, 7) is 7.67. The number of aromatic nitrogens is 3. The van der Waals surface area contributed by atoms with E-state index in [0.717, 1.165) is 83.3 Å². The molecular formula is C54H43IrN3O-2. The van der Waals surface area contributed by atoms with E-state index < -0.39 is 11.8 Å². The number of hydrogen-bond donors (Lipinski definition) is 0. The molecule has 3 heterocycles. The second-order valence-corrected chi connectivity index (χ2v) is 14.8. The van der Waals surface area contributed by atoms with Gasteiger partial charge in [0.05, 0.1) is 22.4 Å². The summed E-state index contributed by atoms with van der Waals surface area (Å²) >= 11 is 0. The number of para-hydroxylation sites is 3. The topological polar surface area (TPSA) is 43.9 Å². The minimum atomic E-state index is -1.01. The molecule has 0 saturated heterocycles. The van der Waals surface area contributed by atoms with Crippen molar-refractivity contribution in [3.63, 3.8) is 0 Å². The molecule has 1 radical (unpaired) electrons. The van der Waals surface area contributed by atoms with Gasteiger partial charge in [0.15, 0.2) is 0 Å². The van der Waals surface area contributed by atoms with Crippen LogP contribution in [0.25, 0.3) is 83.6 Å². The molecule has 0 aliphatic heterocycles. The van der Waals surface area contributed by atoms with E-state index in [9.17, 15) is 2.74 Å². The minimum absolute atomic E-state index is 0. The number of fused-ring (bicyclic) bond motifs is 4. The van der Waals surface area contributed by atoms with E-state index >= 15 is 0 Å². The third-order valence-corrected chi connectivity index (χ3v) is 10.5. The molecule has 7 aromatic carbocycles. The van der Waals surface area contributed by atoms with Crippen LogP contribution in [-0.2, 0) is 20.1 Å². The average Bonchev–Trinajstić information content (AvgIpc) is 3.85. The van der Waals surface area contributed by atoms with Crippen LogP contribution in [0.1, 0.15) is 53.4 Å². The summed E-state index contributed by atoms with van der Waals surface area (Å²) in [7, 11) is 0. The van der Waals surface area contributed by atoms with Gasteiger partial charge in [-0.25, -0.2) is 0 Å². The Balaban J connectivity index is 0.000000340. The largest absolute Gasteiger partial charge is 0.501 e. The van der Waals surface area contributed by atoms with Crippen LogP contribution < -0.4 is 0 Å². The smallest absolute Gasteiger partial charge is 0.120 e. The zero-order chi connectivity index (χ0) is 41.4. The quantitative estimate of drug-likeness (QED) is 0.150. The summed E-state index contributed by atoms with van der Waals surface area (Å²) in [5.74, 6) is -1.35. The first-order valence-electron chi connectivity index (χ1n) is 20.6. The van der Waals surface area contributed by atoms with E-state index in [0.29, 0.717) is 11.4 Å². The molecule has 0 bridgehead atoms. The monoisotopic (exact) mass is 944 g/mol. The summed E-state index contributed by atoms with van der Waals surface area (Å²) in [5.41, 5.74) is 12.7. The maximum atomic E-state index is 9.49. The van der Waals surface area contributed by atoms with Crippen LogP contribution in [-0.4, -0.2) is 14.5 Å². The van der Waals surface area contributed by atoms with Gasteiger partial charge in [0, 0.05) is 40.1 Å². The van der Waals surface area contributed by atoms with Crippen molar-refractivity contribution in [2.75, 3.05) is 0 Å². The van der Waals surface area contributed by atoms with E-state index in [1.807, 2.05) is 137 Å². The number of rotatable bonds is 7. The molecule has 0 N–H and O–H groups in total. The number of pyridine rings is 1. The Morgan fingerprint density at radius 1 is 0.593 bits per heavy atom. The summed E-state index contributed by atoms with van der Waals surface area (Å²) < 4.78 is 27.6. The van der Waals surface area contributed by atoms with Gasteiger partial charge in [-0.05, 0) is 87.3 Å². The summed E-state index contributed by atoms with van der Waals surface area (Å²) in [6, 6.07) is 63.5. The third-order valence-electron chi connectivity index (χ3n) is 10.5. The number of benzene rings is 7. The number of nitrogens with zero attached hydrogens (tertiary/aromatic N) is 3. The van der Waals surface area contributed by atoms with Crippen LogP contribution in [0.2, 0.25) is 0 Å². The van der Waals surface area contributed by atoms with Crippen molar-refractivity contribution in [3.05, 3.63) is 199 Å². The Labute approximate surface area is 362 Å². The van der Waals surface area contributed by atoms with Gasteiger partial charge in [-0.15, -0.1) is 54.1 Å². The molecule has 0 saturated carbocycles. The Morgan fingerprint density at radius 3 is 1.93 bits per heavy atom. The maximum Gasteiger partial charge on any atom is 0.120 e. The second-order valence-electron chi connectivity index (χ2n) is 14.8. The number of imidazole rings is 1. The summed E-state index contributed by atoms with van der Waals surface area (Å²) in [5, 5.41) is 2.03. The molecule has 10 aromatic rings. The van der Waals surface area contributed by atoms with Crippen molar-refractivity contribution in [1.29, 1.82) is 0 Å². The van der Waals surface area contributed by atoms with Crippen molar-refractivity contribution < 1.29 is 27.3 Å². The van der Waals surface area contributed by atoms with Gasteiger partial charge in [0.25, 0.3) is 0 Å². The van der Waals surface area contributed by atoms with Crippen LogP contribution in [0, 0.1) is 12.1 Å². The predicted molar refractivity (Wildman–Crippen MR) is 240 cm³/mol. The molecule has 0 fully saturated rings. The normalized spacial score (nSPS) is 12.1. The molecule has 0 atom stereocenters. The fourth-order valence-corrected chi connectivity index (χ4v) is 7.64. The van der Waals surface area contributed by atoms with Crippen LogP contribution in [0.3, 0.4) is 0 Å². The Hall–Kier alpha value is -6.39. The Bertz CT molecular complexity index is 3020. The molecule has 5 heteroatoms. The Kier molecular flexibility index (Phi) is 10.8. The first kappa shape index (κ1) is 36.9. The van der Waals surface area contributed by atoms with E-state index in [4.69, 9.17) is 9.40 Å². The van der Waals surface area contributed by atoms with Gasteiger partial charge in [0.1, 0.15) is 5.58 Å². The third kappa shape index (κ3) is 7.80. The van der Waals surface area contributed by atoms with Gasteiger partial charge in [-0.1, -0.05) is 136 Å². The summed E-state index contributed by atoms with van der Waals surface area (Å²) in [6.07, 6.45) is 1.79. The predicted octanol–water partition coefficient (Wildman–Crippen LogP) is 14.5. The average molecular weight is 944 g/mol. The van der Waals surface area contributed by atoms with E-state index in [2.05, 4.69) is 82.3 Å². The van der Waals surface area contributed by atoms with E-state index in [-0.39, 0.29) is 20.1 Å². The molecule has 59 heavy (non-hydrogen) atoms. The van der Waals surface area contributed by atoms with Crippen LogP contribution in [0.15, 0.2) is 180 Å². The second kappa shape index (κ2) is 17.2.